The van der Waals surface area contributed by atoms with E-state index in [4.69, 9.17) is 9.57 Å². The molecule has 0 aliphatic rings. The zero-order valence-corrected chi connectivity index (χ0v) is 18.1. The minimum atomic E-state index is -10.7. The van der Waals surface area contributed by atoms with E-state index < -0.39 is 7.81 Å². The Bertz CT molecular complexity index is 803. The number of aromatic nitrogens is 1. The predicted octanol–water partition coefficient (Wildman–Crippen LogP) is 7.22. The number of unbranched alkanes of at least 4 members (excludes halogenated alkanes) is 1. The van der Waals surface area contributed by atoms with E-state index >= 15 is 0 Å². The molecule has 2 rings (SSSR count). The van der Waals surface area contributed by atoms with E-state index in [1.165, 1.54) is 19.3 Å². The molecule has 0 aliphatic heterocycles. The van der Waals surface area contributed by atoms with Crippen molar-refractivity contribution in [3.63, 3.8) is 0 Å². The molecule has 1 heterocycles. The number of pyridine rings is 1. The van der Waals surface area contributed by atoms with Crippen molar-refractivity contribution in [3.05, 3.63) is 60.4 Å². The Hall–Kier alpha value is -2.35. The quantitative estimate of drug-likeness (QED) is 0.167. The summed E-state index contributed by atoms with van der Waals surface area (Å²) in [4.78, 5) is 17.8. The summed E-state index contributed by atoms with van der Waals surface area (Å²) in [5.41, 5.74) is 0.534. The van der Waals surface area contributed by atoms with Gasteiger partial charge in [-0.05, 0) is 30.9 Å². The second-order valence-corrected chi connectivity index (χ2v) is 8.74. The van der Waals surface area contributed by atoms with Gasteiger partial charge in [-0.25, -0.2) is 4.79 Å². The van der Waals surface area contributed by atoms with Gasteiger partial charge in [-0.1, -0.05) is 44.9 Å². The van der Waals surface area contributed by atoms with Crippen LogP contribution >= 0.6 is 7.81 Å². The average Bonchev–Trinajstić information content (AvgIpc) is 2.67. The number of esters is 1. The van der Waals surface area contributed by atoms with Crippen LogP contribution < -0.4 is 14.3 Å². The summed E-state index contributed by atoms with van der Waals surface area (Å²) in [7, 11) is -10.7. The van der Waals surface area contributed by atoms with Crippen LogP contribution in [0, 0.1) is 5.92 Å². The Balaban J connectivity index is 0.000000592. The van der Waals surface area contributed by atoms with Gasteiger partial charge in [-0.3, -0.25) is 4.84 Å². The summed E-state index contributed by atoms with van der Waals surface area (Å²) in [6.45, 7) is 5.10. The van der Waals surface area contributed by atoms with Crippen molar-refractivity contribution in [2.75, 3.05) is 6.61 Å². The number of hydrogen-bond donors (Lipinski definition) is 0. The van der Waals surface area contributed by atoms with E-state index in [1.807, 2.05) is 18.2 Å². The second kappa shape index (κ2) is 10.3. The number of halogens is 6. The molecule has 0 saturated heterocycles. The first-order chi connectivity index (χ1) is 14.2. The summed E-state index contributed by atoms with van der Waals surface area (Å²) < 4.78 is 66.2. The Labute approximate surface area is 177 Å². The van der Waals surface area contributed by atoms with Crippen LogP contribution in [0.25, 0.3) is 0 Å². The molecule has 1 aromatic carbocycles. The van der Waals surface area contributed by atoms with Gasteiger partial charge in [0.1, 0.15) is 5.75 Å². The molecule has 0 N–H and O–H groups in total. The molecule has 4 nitrogen and oxygen atoms in total. The van der Waals surface area contributed by atoms with E-state index in [1.54, 1.807) is 41.4 Å². The first-order valence-corrected chi connectivity index (χ1v) is 11.7. The van der Waals surface area contributed by atoms with Crippen LogP contribution in [0.2, 0.25) is 0 Å². The van der Waals surface area contributed by atoms with Crippen LogP contribution in [0.1, 0.15) is 49.9 Å². The van der Waals surface area contributed by atoms with Gasteiger partial charge in [0.05, 0.1) is 17.7 Å². The molecule has 0 bridgehead atoms. The molecule has 1 unspecified atom stereocenters. The summed E-state index contributed by atoms with van der Waals surface area (Å²) in [5, 5.41) is 0. The van der Waals surface area contributed by atoms with E-state index in [0.29, 0.717) is 23.8 Å². The van der Waals surface area contributed by atoms with Gasteiger partial charge in [0.25, 0.3) is 0 Å². The summed E-state index contributed by atoms with van der Waals surface area (Å²) in [6.07, 6.45) is 8.29. The zero-order valence-electron chi connectivity index (χ0n) is 17.2. The third-order valence-corrected chi connectivity index (χ3v) is 3.99. The van der Waals surface area contributed by atoms with E-state index in [0.717, 1.165) is 6.42 Å². The van der Waals surface area contributed by atoms with Crippen molar-refractivity contribution in [2.24, 2.45) is 5.92 Å². The fourth-order valence-electron chi connectivity index (χ4n) is 2.38. The maximum atomic E-state index is 12.0. The van der Waals surface area contributed by atoms with Crippen LogP contribution in [0.5, 0.6) is 5.75 Å². The van der Waals surface area contributed by atoms with Crippen molar-refractivity contribution in [2.45, 2.75) is 39.5 Å². The Morgan fingerprint density at radius 2 is 1.52 bits per heavy atom. The predicted molar refractivity (Wildman–Crippen MR) is 106 cm³/mol. The fraction of sp³-hybridized carbons (Fsp3) is 0.400. The molecule has 2 aromatic rings. The van der Waals surface area contributed by atoms with E-state index in [9.17, 15) is 30.0 Å². The van der Waals surface area contributed by atoms with Crippen LogP contribution in [0.3, 0.4) is 0 Å². The number of rotatable bonds is 9. The van der Waals surface area contributed by atoms with Gasteiger partial charge in [-0.15, -0.1) is 0 Å². The molecule has 176 valence electrons. The summed E-state index contributed by atoms with van der Waals surface area (Å²) >= 11 is 0. The fourth-order valence-corrected chi connectivity index (χ4v) is 2.38. The van der Waals surface area contributed by atoms with Crippen molar-refractivity contribution in [1.82, 2.24) is 0 Å². The average molecular weight is 473 g/mol. The Morgan fingerprint density at radius 1 is 0.968 bits per heavy atom. The second-order valence-electron chi connectivity index (χ2n) is 6.82. The van der Waals surface area contributed by atoms with Crippen molar-refractivity contribution in [3.8, 4) is 5.75 Å². The molecule has 1 atom stereocenters. The molecule has 31 heavy (non-hydrogen) atoms. The van der Waals surface area contributed by atoms with Crippen molar-refractivity contribution in [1.29, 1.82) is 0 Å². The monoisotopic (exact) mass is 473 g/mol. The molecular weight excluding hydrogens is 447 g/mol. The summed E-state index contributed by atoms with van der Waals surface area (Å²) in [5.74, 6) is 0.717. The first-order valence-electron chi connectivity index (χ1n) is 9.66. The molecule has 1 aromatic heterocycles. The Kier molecular flexibility index (Phi) is 8.87. The SMILES string of the molecule is CCCCC(CC)CO[n+]1ccc(OC(=O)c2ccccc2)cc1.F[P-](F)(F)(F)(F)F. The first kappa shape index (κ1) is 26.7. The van der Waals surface area contributed by atoms with Gasteiger partial charge in [0.15, 0.2) is 6.61 Å². The van der Waals surface area contributed by atoms with Gasteiger partial charge in [-0.2, -0.15) is 0 Å². The molecule has 0 fully saturated rings. The van der Waals surface area contributed by atoms with E-state index in [-0.39, 0.29) is 5.97 Å². The number of carbonyl (C=O) groups is 1. The maximum absolute atomic E-state index is 12.0. The molecule has 0 aliphatic carbocycles. The van der Waals surface area contributed by atoms with Gasteiger partial charge >= 0.3 is 39.0 Å². The number of benzene rings is 1. The number of nitrogens with zero attached hydrogens (tertiary/aromatic N) is 1. The molecule has 0 radical (unpaired) electrons. The third-order valence-electron chi connectivity index (χ3n) is 3.99. The molecular formula is C20H26F6NO3P. The normalized spacial score (nSPS) is 14.3. The van der Waals surface area contributed by atoms with Crippen LogP contribution in [0.15, 0.2) is 54.9 Å². The number of carbonyl (C=O) groups excluding carboxylic acids is 1. The van der Waals surface area contributed by atoms with Crippen LogP contribution in [0.4, 0.5) is 25.2 Å². The molecule has 11 heteroatoms. The zero-order chi connectivity index (χ0) is 23.6. The number of hydrogen-bond acceptors (Lipinski definition) is 3. The van der Waals surface area contributed by atoms with Crippen molar-refractivity contribution < 1.29 is 44.3 Å². The molecule has 0 saturated carbocycles. The standard InChI is InChI=1S/C20H26NO3.F6P/c1-3-5-9-17(4-2)16-23-21-14-12-19(13-15-21)24-20(22)18-10-7-6-8-11-18;1-7(2,3,4,5)6/h6-8,10-15,17H,3-5,9,16H2,1-2H3;/q+1;-1. The van der Waals surface area contributed by atoms with Crippen LogP contribution in [-0.4, -0.2) is 12.6 Å². The van der Waals surface area contributed by atoms with Gasteiger partial charge in [0, 0.05) is 4.73 Å². The van der Waals surface area contributed by atoms with Gasteiger partial charge in [0.2, 0.25) is 12.4 Å². The molecule has 0 spiro atoms. The topological polar surface area (TPSA) is 39.4 Å². The van der Waals surface area contributed by atoms with Crippen molar-refractivity contribution >= 4 is 13.8 Å². The van der Waals surface area contributed by atoms with E-state index in [2.05, 4.69) is 13.8 Å². The minimum absolute atomic E-state index is 0.361. The van der Waals surface area contributed by atoms with Gasteiger partial charge < -0.3 is 4.74 Å². The third kappa shape index (κ3) is 15.2. The number of ether oxygens (including phenoxy) is 1. The summed E-state index contributed by atoms with van der Waals surface area (Å²) in [6, 6.07) is 12.4. The molecule has 0 amide bonds. The Morgan fingerprint density at radius 3 is 2.00 bits per heavy atom. The van der Waals surface area contributed by atoms with Crippen LogP contribution in [-0.2, 0) is 0 Å².